The van der Waals surface area contributed by atoms with Crippen molar-refractivity contribution in [1.82, 2.24) is 10.2 Å². The number of carbonyl (C=O) groups excluding carboxylic acids is 1. The highest BCUT2D eigenvalue weighted by atomic mass is 16.6. The molecule has 0 aromatic rings. The summed E-state index contributed by atoms with van der Waals surface area (Å²) in [6.07, 6.45) is 5.43. The van der Waals surface area contributed by atoms with Crippen LogP contribution in [0, 0.1) is 0 Å². The van der Waals surface area contributed by atoms with E-state index < -0.39 is 0 Å². The Labute approximate surface area is 115 Å². The topological polar surface area (TPSA) is 50.8 Å². The number of carbonyl (C=O) groups is 1. The Balaban J connectivity index is 1.67. The van der Waals surface area contributed by atoms with E-state index in [0.717, 1.165) is 45.3 Å². The number of amides is 1. The van der Waals surface area contributed by atoms with Gasteiger partial charge in [0.2, 0.25) is 0 Å². The summed E-state index contributed by atoms with van der Waals surface area (Å²) >= 11 is 0. The van der Waals surface area contributed by atoms with Crippen molar-refractivity contribution in [2.45, 2.75) is 50.7 Å². The van der Waals surface area contributed by atoms with E-state index in [1.54, 1.807) is 4.90 Å². The van der Waals surface area contributed by atoms with Gasteiger partial charge in [-0.05, 0) is 39.0 Å². The van der Waals surface area contributed by atoms with E-state index >= 15 is 0 Å². The molecule has 1 N–H and O–H groups in total. The number of nitrogens with one attached hydrogen (secondary N) is 1. The van der Waals surface area contributed by atoms with Crippen molar-refractivity contribution in [2.75, 3.05) is 33.4 Å². The van der Waals surface area contributed by atoms with Crippen molar-refractivity contribution >= 4 is 6.09 Å². The van der Waals surface area contributed by atoms with Crippen molar-refractivity contribution in [3.63, 3.8) is 0 Å². The minimum atomic E-state index is -0.173. The zero-order chi connectivity index (χ0) is 13.7. The fourth-order valence-corrected chi connectivity index (χ4v) is 2.84. The molecule has 1 aliphatic carbocycles. The van der Waals surface area contributed by atoms with E-state index in [1.165, 1.54) is 6.42 Å². The number of ether oxygens (including phenoxy) is 2. The fraction of sp³-hybridized carbons (Fsp3) is 0.929. The van der Waals surface area contributed by atoms with Crippen LogP contribution in [0.4, 0.5) is 4.79 Å². The van der Waals surface area contributed by atoms with E-state index in [-0.39, 0.29) is 11.7 Å². The first-order chi connectivity index (χ1) is 9.19. The van der Waals surface area contributed by atoms with Gasteiger partial charge in [0.05, 0.1) is 12.2 Å². The number of hydrogen-bond donors (Lipinski definition) is 1. The Kier molecular flexibility index (Phi) is 5.05. The molecule has 5 heteroatoms. The van der Waals surface area contributed by atoms with Gasteiger partial charge in [0.25, 0.3) is 0 Å². The summed E-state index contributed by atoms with van der Waals surface area (Å²) in [7, 11) is 1.81. The second-order valence-corrected chi connectivity index (χ2v) is 5.58. The van der Waals surface area contributed by atoms with Gasteiger partial charge in [-0.25, -0.2) is 4.79 Å². The average molecular weight is 270 g/mol. The number of piperidine rings is 1. The molecule has 2 rings (SSSR count). The minimum absolute atomic E-state index is 0.0816. The first kappa shape index (κ1) is 14.6. The van der Waals surface area contributed by atoms with E-state index in [1.807, 2.05) is 14.0 Å². The maximum Gasteiger partial charge on any atom is 0.409 e. The lowest BCUT2D eigenvalue weighted by Gasteiger charge is -2.42. The summed E-state index contributed by atoms with van der Waals surface area (Å²) < 4.78 is 10.6. The molecule has 0 radical (unpaired) electrons. The molecule has 110 valence electrons. The van der Waals surface area contributed by atoms with Crippen LogP contribution < -0.4 is 5.32 Å². The first-order valence-corrected chi connectivity index (χ1v) is 7.39. The summed E-state index contributed by atoms with van der Waals surface area (Å²) in [5, 5.41) is 3.60. The fourth-order valence-electron chi connectivity index (χ4n) is 2.84. The first-order valence-electron chi connectivity index (χ1n) is 7.39. The molecule has 2 aliphatic rings. The lowest BCUT2D eigenvalue weighted by molar-refractivity contribution is -0.0716. The third kappa shape index (κ3) is 3.60. The molecule has 0 unspecified atom stereocenters. The van der Waals surface area contributed by atoms with E-state index in [2.05, 4.69) is 5.32 Å². The molecular formula is C14H26N2O3. The molecular weight excluding hydrogens is 244 g/mol. The van der Waals surface area contributed by atoms with E-state index in [0.29, 0.717) is 12.6 Å². The molecule has 1 heterocycles. The second-order valence-electron chi connectivity index (χ2n) is 5.58. The normalized spacial score (nSPS) is 22.9. The standard InChI is InChI=1S/C14H26N2O3/c1-3-19-13(17)16-9-5-12(6-10-16)15-11-14(18-2)7-4-8-14/h12,15H,3-11H2,1-2H3. The Hall–Kier alpha value is -0.810. The number of likely N-dealkylation sites (tertiary alicyclic amines) is 1. The third-order valence-corrected chi connectivity index (χ3v) is 4.43. The van der Waals surface area contributed by atoms with Gasteiger partial charge in [-0.15, -0.1) is 0 Å². The van der Waals surface area contributed by atoms with Crippen LogP contribution in [0.1, 0.15) is 39.0 Å². The van der Waals surface area contributed by atoms with Crippen LogP contribution in [0.15, 0.2) is 0 Å². The summed E-state index contributed by atoms with van der Waals surface area (Å²) in [6, 6.07) is 0.498. The predicted molar refractivity (Wildman–Crippen MR) is 73.2 cm³/mol. The average Bonchev–Trinajstić information content (AvgIpc) is 2.39. The van der Waals surface area contributed by atoms with Crippen LogP contribution in [0.5, 0.6) is 0 Å². The quantitative estimate of drug-likeness (QED) is 0.827. The van der Waals surface area contributed by atoms with Gasteiger partial charge in [-0.1, -0.05) is 0 Å². The number of methoxy groups -OCH3 is 1. The summed E-state index contributed by atoms with van der Waals surface area (Å²) in [4.78, 5) is 13.4. The van der Waals surface area contributed by atoms with Gasteiger partial charge in [0.15, 0.2) is 0 Å². The van der Waals surface area contributed by atoms with Crippen LogP contribution in [0.25, 0.3) is 0 Å². The Morgan fingerprint density at radius 2 is 2.05 bits per heavy atom. The zero-order valence-corrected chi connectivity index (χ0v) is 12.1. The highest BCUT2D eigenvalue weighted by Crippen LogP contribution is 2.34. The Morgan fingerprint density at radius 1 is 1.37 bits per heavy atom. The van der Waals surface area contributed by atoms with Gasteiger partial charge in [-0.2, -0.15) is 0 Å². The molecule has 0 aromatic carbocycles. The van der Waals surface area contributed by atoms with Gasteiger partial charge in [-0.3, -0.25) is 0 Å². The zero-order valence-electron chi connectivity index (χ0n) is 12.1. The van der Waals surface area contributed by atoms with Gasteiger partial charge in [0.1, 0.15) is 0 Å². The monoisotopic (exact) mass is 270 g/mol. The minimum Gasteiger partial charge on any atom is -0.450 e. The maximum absolute atomic E-state index is 11.6. The smallest absolute Gasteiger partial charge is 0.409 e. The maximum atomic E-state index is 11.6. The molecule has 2 fully saturated rings. The summed E-state index contributed by atoms with van der Waals surface area (Å²) in [5.41, 5.74) is 0.0816. The van der Waals surface area contributed by atoms with Crippen molar-refractivity contribution in [3.05, 3.63) is 0 Å². The molecule has 1 aliphatic heterocycles. The molecule has 19 heavy (non-hydrogen) atoms. The van der Waals surface area contributed by atoms with Gasteiger partial charge >= 0.3 is 6.09 Å². The molecule has 1 amide bonds. The van der Waals surface area contributed by atoms with E-state index in [9.17, 15) is 4.79 Å². The molecule has 1 saturated heterocycles. The van der Waals surface area contributed by atoms with Crippen molar-refractivity contribution in [3.8, 4) is 0 Å². The van der Waals surface area contributed by atoms with Crippen molar-refractivity contribution in [1.29, 1.82) is 0 Å². The van der Waals surface area contributed by atoms with Crippen LogP contribution in [0.3, 0.4) is 0 Å². The lowest BCUT2D eigenvalue weighted by atomic mass is 9.79. The highest BCUT2D eigenvalue weighted by molar-refractivity contribution is 5.67. The molecule has 0 aromatic heterocycles. The van der Waals surface area contributed by atoms with Crippen LogP contribution in [-0.4, -0.2) is 56.0 Å². The van der Waals surface area contributed by atoms with Crippen LogP contribution in [-0.2, 0) is 9.47 Å². The molecule has 0 atom stereocenters. The predicted octanol–water partition coefficient (Wildman–Crippen LogP) is 1.77. The van der Waals surface area contributed by atoms with Crippen LogP contribution in [0.2, 0.25) is 0 Å². The third-order valence-electron chi connectivity index (χ3n) is 4.43. The summed E-state index contributed by atoms with van der Waals surface area (Å²) in [5.74, 6) is 0. The van der Waals surface area contributed by atoms with Crippen LogP contribution >= 0.6 is 0 Å². The van der Waals surface area contributed by atoms with Crippen molar-refractivity contribution < 1.29 is 14.3 Å². The Bertz CT molecular complexity index is 292. The van der Waals surface area contributed by atoms with Gasteiger partial charge in [0, 0.05) is 32.8 Å². The number of nitrogens with zero attached hydrogens (tertiary/aromatic N) is 1. The largest absolute Gasteiger partial charge is 0.450 e. The lowest BCUT2D eigenvalue weighted by Crippen LogP contribution is -2.52. The number of hydrogen-bond acceptors (Lipinski definition) is 4. The Morgan fingerprint density at radius 3 is 2.53 bits per heavy atom. The second kappa shape index (κ2) is 6.57. The molecule has 5 nitrogen and oxygen atoms in total. The highest BCUT2D eigenvalue weighted by Gasteiger charge is 2.37. The molecule has 0 spiro atoms. The van der Waals surface area contributed by atoms with E-state index in [4.69, 9.17) is 9.47 Å². The van der Waals surface area contributed by atoms with Crippen molar-refractivity contribution in [2.24, 2.45) is 0 Å². The molecule has 0 bridgehead atoms. The SMILES string of the molecule is CCOC(=O)N1CCC(NCC2(OC)CCC2)CC1. The number of rotatable bonds is 5. The summed E-state index contributed by atoms with van der Waals surface area (Å²) in [6.45, 7) is 4.81. The molecule has 1 saturated carbocycles. The van der Waals surface area contributed by atoms with Gasteiger partial charge < -0.3 is 19.7 Å².